The number of benzene rings is 12. The van der Waals surface area contributed by atoms with Gasteiger partial charge < -0.3 is 4.90 Å². The highest BCUT2D eigenvalue weighted by Gasteiger charge is 2.14. The average Bonchev–Trinajstić information content (AvgIpc) is 3.46. The van der Waals surface area contributed by atoms with Crippen LogP contribution in [0.4, 0.5) is 17.1 Å². The molecule has 12 aromatic rings. The van der Waals surface area contributed by atoms with E-state index in [0.717, 1.165) is 17.1 Å². The second-order valence-electron chi connectivity index (χ2n) is 18.5. The maximum absolute atomic E-state index is 2.35. The van der Waals surface area contributed by atoms with Gasteiger partial charge in [0.05, 0.1) is 0 Å². The third-order valence-electron chi connectivity index (χ3n) is 13.9. The third kappa shape index (κ3) is 9.82. The molecule has 0 aliphatic carbocycles. The second-order valence-corrected chi connectivity index (χ2v) is 18.5. The Morgan fingerprint density at radius 1 is 0.192 bits per heavy atom. The maximum atomic E-state index is 2.35. The molecular formula is C72H51N. The number of anilines is 3. The third-order valence-corrected chi connectivity index (χ3v) is 13.9. The Labute approximate surface area is 428 Å². The van der Waals surface area contributed by atoms with E-state index in [1.807, 2.05) is 0 Å². The molecular weight excluding hydrogens is 879 g/mol. The van der Waals surface area contributed by atoms with Crippen molar-refractivity contribution in [1.82, 2.24) is 0 Å². The van der Waals surface area contributed by atoms with Crippen molar-refractivity contribution in [3.8, 4) is 33.4 Å². The molecule has 0 radical (unpaired) electrons. The van der Waals surface area contributed by atoms with Gasteiger partial charge in [0.25, 0.3) is 0 Å². The van der Waals surface area contributed by atoms with Crippen molar-refractivity contribution in [2.24, 2.45) is 0 Å². The minimum atomic E-state index is 1.09. The topological polar surface area (TPSA) is 3.24 Å². The van der Waals surface area contributed by atoms with Crippen molar-refractivity contribution in [2.45, 2.75) is 0 Å². The lowest BCUT2D eigenvalue weighted by Gasteiger charge is -2.26. The summed E-state index contributed by atoms with van der Waals surface area (Å²) in [6.07, 6.45) is 13.2. The van der Waals surface area contributed by atoms with E-state index in [2.05, 4.69) is 314 Å². The number of nitrogens with zero attached hydrogens (tertiary/aromatic N) is 1. The van der Waals surface area contributed by atoms with Crippen molar-refractivity contribution >= 4 is 85.8 Å². The highest BCUT2D eigenvalue weighted by Crippen LogP contribution is 2.38. The average molecular weight is 930 g/mol. The number of fused-ring (bicyclic) bond motifs is 3. The zero-order chi connectivity index (χ0) is 48.8. The lowest BCUT2D eigenvalue weighted by Crippen LogP contribution is -2.09. The van der Waals surface area contributed by atoms with Gasteiger partial charge in [0.2, 0.25) is 0 Å². The summed E-state index contributed by atoms with van der Waals surface area (Å²) in [6.45, 7) is 0. The van der Waals surface area contributed by atoms with Crippen LogP contribution < -0.4 is 4.90 Å². The van der Waals surface area contributed by atoms with E-state index < -0.39 is 0 Å². The summed E-state index contributed by atoms with van der Waals surface area (Å²) >= 11 is 0. The molecule has 0 aliphatic rings. The van der Waals surface area contributed by atoms with Crippen molar-refractivity contribution in [2.75, 3.05) is 4.90 Å². The van der Waals surface area contributed by atoms with Gasteiger partial charge in [-0.15, -0.1) is 0 Å². The fourth-order valence-corrected chi connectivity index (χ4v) is 9.96. The molecule has 0 heterocycles. The van der Waals surface area contributed by atoms with Crippen LogP contribution in [0.3, 0.4) is 0 Å². The molecule has 12 aromatic carbocycles. The van der Waals surface area contributed by atoms with Crippen LogP contribution in [-0.4, -0.2) is 0 Å². The zero-order valence-corrected chi connectivity index (χ0v) is 40.4. The molecule has 344 valence electrons. The Hall–Kier alpha value is -9.56. The number of hydrogen-bond donors (Lipinski definition) is 0. The predicted octanol–water partition coefficient (Wildman–Crippen LogP) is 20.1. The largest absolute Gasteiger partial charge is 0.311 e. The monoisotopic (exact) mass is 929 g/mol. The molecule has 0 atom stereocenters. The molecule has 0 unspecified atom stereocenters. The molecule has 0 aromatic heterocycles. The van der Waals surface area contributed by atoms with E-state index in [-0.39, 0.29) is 0 Å². The van der Waals surface area contributed by atoms with Gasteiger partial charge in [0.1, 0.15) is 0 Å². The van der Waals surface area contributed by atoms with Gasteiger partial charge in [-0.3, -0.25) is 0 Å². The predicted molar refractivity (Wildman–Crippen MR) is 316 cm³/mol. The normalized spacial score (nSPS) is 11.7. The molecule has 0 N–H and O–H groups in total. The van der Waals surface area contributed by atoms with E-state index in [9.17, 15) is 0 Å². The smallest absolute Gasteiger partial charge is 0.0462 e. The fraction of sp³-hybridized carbons (Fsp3) is 0. The van der Waals surface area contributed by atoms with Gasteiger partial charge in [-0.1, -0.05) is 273 Å². The second kappa shape index (κ2) is 20.4. The Balaban J connectivity index is 0.800. The van der Waals surface area contributed by atoms with Crippen LogP contribution in [0.1, 0.15) is 33.4 Å². The Morgan fingerprint density at radius 3 is 0.699 bits per heavy atom. The van der Waals surface area contributed by atoms with Crippen LogP contribution in [0.2, 0.25) is 0 Å². The molecule has 73 heavy (non-hydrogen) atoms. The summed E-state index contributed by atoms with van der Waals surface area (Å²) in [4.78, 5) is 2.35. The quantitative estimate of drug-likeness (QED) is 0.110. The summed E-state index contributed by atoms with van der Waals surface area (Å²) in [5.74, 6) is 0. The van der Waals surface area contributed by atoms with Gasteiger partial charge in [-0.05, 0) is 135 Å². The van der Waals surface area contributed by atoms with Crippen LogP contribution in [0.25, 0.3) is 102 Å². The number of rotatable bonds is 12. The van der Waals surface area contributed by atoms with E-state index in [4.69, 9.17) is 0 Å². The van der Waals surface area contributed by atoms with Crippen LogP contribution >= 0.6 is 0 Å². The van der Waals surface area contributed by atoms with Gasteiger partial charge >= 0.3 is 0 Å². The minimum Gasteiger partial charge on any atom is -0.311 e. The molecule has 0 aliphatic heterocycles. The first-order chi connectivity index (χ1) is 36.1. The van der Waals surface area contributed by atoms with Crippen LogP contribution in [0.5, 0.6) is 0 Å². The van der Waals surface area contributed by atoms with E-state index in [1.54, 1.807) is 0 Å². The highest BCUT2D eigenvalue weighted by molar-refractivity contribution is 5.95. The lowest BCUT2D eigenvalue weighted by atomic mass is 10.0. The zero-order valence-electron chi connectivity index (χ0n) is 40.4. The van der Waals surface area contributed by atoms with Crippen LogP contribution in [0, 0.1) is 0 Å². The maximum Gasteiger partial charge on any atom is 0.0462 e. The van der Waals surface area contributed by atoms with E-state index in [1.165, 1.54) is 99.1 Å². The standard InChI is InChI=1S/C72H51N/c1-4-19-70-61(10-1)13-7-16-64(70)37-28-52-22-31-55(32-23-52)58-40-46-67(47-41-58)73(68-48-42-59(43-49-68)56-33-24-53(25-34-56)29-38-65-17-8-14-62-11-2-5-20-71(62)65)69-50-44-60(45-51-69)57-35-26-54(27-36-57)30-39-66-18-9-15-63-12-3-6-21-72(63)66/h1-51H. The molecule has 0 fully saturated rings. The molecule has 0 bridgehead atoms. The summed E-state index contributed by atoms with van der Waals surface area (Å²) in [7, 11) is 0. The summed E-state index contributed by atoms with van der Waals surface area (Å²) in [5.41, 5.74) is 17.5. The first-order valence-electron chi connectivity index (χ1n) is 25.0. The molecule has 12 rings (SSSR count). The highest BCUT2D eigenvalue weighted by atomic mass is 15.1. The molecule has 0 saturated carbocycles. The molecule has 0 spiro atoms. The van der Waals surface area contributed by atoms with Crippen molar-refractivity contribution in [3.05, 3.63) is 306 Å². The summed E-state index contributed by atoms with van der Waals surface area (Å²) in [6, 6.07) is 98.4. The summed E-state index contributed by atoms with van der Waals surface area (Å²) < 4.78 is 0. The minimum absolute atomic E-state index is 1.09. The van der Waals surface area contributed by atoms with Crippen LogP contribution in [0.15, 0.2) is 273 Å². The van der Waals surface area contributed by atoms with E-state index >= 15 is 0 Å². The summed E-state index contributed by atoms with van der Waals surface area (Å²) in [5, 5.41) is 7.54. The first kappa shape index (κ1) is 44.6. The molecule has 0 saturated heterocycles. The SMILES string of the molecule is C(=Cc1cccc2ccccc12)c1ccc(-c2ccc(N(c3ccc(-c4ccc(C=Cc5cccc6ccccc56)cc4)cc3)c3ccc(-c4ccc(C=Cc5cccc6ccccc56)cc4)cc3)cc2)cc1. The van der Waals surface area contributed by atoms with Gasteiger partial charge in [-0.25, -0.2) is 0 Å². The molecule has 1 heteroatoms. The van der Waals surface area contributed by atoms with Crippen LogP contribution in [-0.2, 0) is 0 Å². The van der Waals surface area contributed by atoms with Gasteiger partial charge in [0, 0.05) is 17.1 Å². The van der Waals surface area contributed by atoms with Gasteiger partial charge in [0.15, 0.2) is 0 Å². The lowest BCUT2D eigenvalue weighted by molar-refractivity contribution is 1.28. The Bertz CT molecular complexity index is 3520. The Morgan fingerprint density at radius 2 is 0.425 bits per heavy atom. The van der Waals surface area contributed by atoms with E-state index in [0.29, 0.717) is 0 Å². The van der Waals surface area contributed by atoms with Crippen molar-refractivity contribution in [3.63, 3.8) is 0 Å². The fourth-order valence-electron chi connectivity index (χ4n) is 9.96. The van der Waals surface area contributed by atoms with Gasteiger partial charge in [-0.2, -0.15) is 0 Å². The molecule has 0 amide bonds. The van der Waals surface area contributed by atoms with Crippen molar-refractivity contribution in [1.29, 1.82) is 0 Å². The van der Waals surface area contributed by atoms with Crippen molar-refractivity contribution < 1.29 is 0 Å². The first-order valence-corrected chi connectivity index (χ1v) is 25.0. The molecule has 1 nitrogen and oxygen atoms in total. The Kier molecular flexibility index (Phi) is 12.5. The number of hydrogen-bond acceptors (Lipinski definition) is 1.